The van der Waals surface area contributed by atoms with Crippen LogP contribution in [-0.4, -0.2) is 17.6 Å². The Morgan fingerprint density at radius 3 is 2.74 bits per heavy atom. The van der Waals surface area contributed by atoms with Crippen molar-refractivity contribution in [2.45, 2.75) is 39.5 Å². The number of nitrogens with one attached hydrogen (secondary N) is 1. The molecule has 0 spiro atoms. The molecule has 1 aromatic carbocycles. The van der Waals surface area contributed by atoms with Crippen molar-refractivity contribution in [3.8, 4) is 5.75 Å². The summed E-state index contributed by atoms with van der Waals surface area (Å²) in [5, 5.41) is 12.3. The number of hydrogen-bond acceptors (Lipinski definition) is 2. The summed E-state index contributed by atoms with van der Waals surface area (Å²) in [6.45, 7) is 4.83. The van der Waals surface area contributed by atoms with Crippen LogP contribution < -0.4 is 5.32 Å². The number of hydrogen-bond donors (Lipinski definition) is 2. The zero-order valence-electron chi connectivity index (χ0n) is 11.6. The summed E-state index contributed by atoms with van der Waals surface area (Å²) >= 11 is 0. The first-order valence-corrected chi connectivity index (χ1v) is 6.85. The van der Waals surface area contributed by atoms with Gasteiger partial charge in [0.05, 0.1) is 5.56 Å². The lowest BCUT2D eigenvalue weighted by Crippen LogP contribution is -2.29. The molecule has 0 aromatic heterocycles. The van der Waals surface area contributed by atoms with Gasteiger partial charge in [-0.2, -0.15) is 0 Å². The Morgan fingerprint density at radius 2 is 2.16 bits per heavy atom. The first-order valence-electron chi connectivity index (χ1n) is 6.85. The number of phenols is 1. The Hall–Kier alpha value is -1.58. The fourth-order valence-corrected chi connectivity index (χ4v) is 1.97. The molecule has 1 amide bonds. The van der Waals surface area contributed by atoms with E-state index in [9.17, 15) is 14.3 Å². The van der Waals surface area contributed by atoms with Gasteiger partial charge in [0.1, 0.15) is 11.6 Å². The zero-order valence-corrected chi connectivity index (χ0v) is 11.6. The molecular formula is C15H22FNO2. The standard InChI is InChI=1S/C15H22FNO2/c1-3-5-6-11(4-2)10-17-15(19)13-8-7-12(16)9-14(13)18/h7-9,11,18H,3-6,10H2,1-2H3,(H,17,19). The van der Waals surface area contributed by atoms with E-state index in [4.69, 9.17) is 0 Å². The summed E-state index contributed by atoms with van der Waals surface area (Å²) < 4.78 is 12.8. The fraction of sp³-hybridized carbons (Fsp3) is 0.533. The van der Waals surface area contributed by atoms with Gasteiger partial charge in [0, 0.05) is 12.6 Å². The second kappa shape index (κ2) is 7.77. The molecule has 3 nitrogen and oxygen atoms in total. The monoisotopic (exact) mass is 267 g/mol. The van der Waals surface area contributed by atoms with E-state index in [1.165, 1.54) is 12.1 Å². The van der Waals surface area contributed by atoms with Gasteiger partial charge < -0.3 is 10.4 Å². The Balaban J connectivity index is 2.54. The predicted molar refractivity (Wildman–Crippen MR) is 73.7 cm³/mol. The molecule has 1 rings (SSSR count). The average molecular weight is 267 g/mol. The third-order valence-corrected chi connectivity index (χ3v) is 3.30. The number of halogens is 1. The summed E-state index contributed by atoms with van der Waals surface area (Å²) in [6, 6.07) is 3.42. The lowest BCUT2D eigenvalue weighted by Gasteiger charge is -2.15. The van der Waals surface area contributed by atoms with Crippen molar-refractivity contribution in [3.63, 3.8) is 0 Å². The van der Waals surface area contributed by atoms with Gasteiger partial charge in [-0.05, 0) is 24.5 Å². The van der Waals surface area contributed by atoms with Gasteiger partial charge >= 0.3 is 0 Å². The van der Waals surface area contributed by atoms with Gasteiger partial charge in [-0.15, -0.1) is 0 Å². The van der Waals surface area contributed by atoms with E-state index >= 15 is 0 Å². The highest BCUT2D eigenvalue weighted by molar-refractivity contribution is 5.96. The summed E-state index contributed by atoms with van der Waals surface area (Å²) in [7, 11) is 0. The molecule has 4 heteroatoms. The summed E-state index contributed by atoms with van der Waals surface area (Å²) in [5.74, 6) is -0.776. The maximum absolute atomic E-state index is 12.8. The number of amides is 1. The molecule has 1 atom stereocenters. The van der Waals surface area contributed by atoms with E-state index in [0.717, 1.165) is 31.7 Å². The molecule has 2 N–H and O–H groups in total. The van der Waals surface area contributed by atoms with Crippen molar-refractivity contribution in [3.05, 3.63) is 29.6 Å². The molecule has 1 aromatic rings. The van der Waals surface area contributed by atoms with Crippen LogP contribution in [0.25, 0.3) is 0 Å². The van der Waals surface area contributed by atoms with Gasteiger partial charge in [0.25, 0.3) is 5.91 Å². The molecule has 0 aliphatic rings. The van der Waals surface area contributed by atoms with Gasteiger partial charge in [-0.3, -0.25) is 4.79 Å². The average Bonchev–Trinajstić information content (AvgIpc) is 2.38. The number of benzene rings is 1. The van der Waals surface area contributed by atoms with Crippen molar-refractivity contribution in [1.82, 2.24) is 5.32 Å². The second-order valence-corrected chi connectivity index (χ2v) is 4.79. The van der Waals surface area contributed by atoms with Crippen LogP contribution in [0.3, 0.4) is 0 Å². The minimum absolute atomic E-state index is 0.117. The molecule has 0 saturated carbocycles. The Morgan fingerprint density at radius 1 is 1.42 bits per heavy atom. The highest BCUT2D eigenvalue weighted by Gasteiger charge is 2.13. The van der Waals surface area contributed by atoms with Crippen LogP contribution in [0, 0.1) is 11.7 Å². The highest BCUT2D eigenvalue weighted by atomic mass is 19.1. The fourth-order valence-electron chi connectivity index (χ4n) is 1.97. The van der Waals surface area contributed by atoms with Crippen LogP contribution in [0.2, 0.25) is 0 Å². The number of carbonyl (C=O) groups is 1. The third-order valence-electron chi connectivity index (χ3n) is 3.30. The molecule has 0 radical (unpaired) electrons. The molecule has 19 heavy (non-hydrogen) atoms. The molecule has 0 heterocycles. The topological polar surface area (TPSA) is 49.3 Å². The van der Waals surface area contributed by atoms with Crippen LogP contribution in [0.4, 0.5) is 4.39 Å². The number of carbonyl (C=O) groups excluding carboxylic acids is 1. The van der Waals surface area contributed by atoms with Crippen LogP contribution in [0.1, 0.15) is 49.9 Å². The molecule has 0 aliphatic carbocycles. The van der Waals surface area contributed by atoms with Gasteiger partial charge in [-0.1, -0.05) is 33.1 Å². The van der Waals surface area contributed by atoms with Crippen molar-refractivity contribution in [1.29, 1.82) is 0 Å². The minimum atomic E-state index is -0.552. The Kier molecular flexibility index (Phi) is 6.33. The first kappa shape index (κ1) is 15.5. The number of rotatable bonds is 7. The van der Waals surface area contributed by atoms with Gasteiger partial charge in [0.2, 0.25) is 0 Å². The molecule has 0 saturated heterocycles. The zero-order chi connectivity index (χ0) is 14.3. The molecule has 1 unspecified atom stereocenters. The maximum Gasteiger partial charge on any atom is 0.255 e. The number of aromatic hydroxyl groups is 1. The quantitative estimate of drug-likeness (QED) is 0.794. The second-order valence-electron chi connectivity index (χ2n) is 4.79. The summed E-state index contributed by atoms with van der Waals surface area (Å²) in [4.78, 5) is 11.9. The van der Waals surface area contributed by atoms with Crippen LogP contribution in [0.15, 0.2) is 18.2 Å². The van der Waals surface area contributed by atoms with Gasteiger partial charge in [0.15, 0.2) is 0 Å². The predicted octanol–water partition coefficient (Wildman–Crippen LogP) is 3.48. The number of phenolic OH excluding ortho intramolecular Hbond substituents is 1. The van der Waals surface area contributed by atoms with Crippen molar-refractivity contribution in [2.75, 3.05) is 6.54 Å². The molecule has 106 valence electrons. The minimum Gasteiger partial charge on any atom is -0.507 e. The van der Waals surface area contributed by atoms with Crippen molar-refractivity contribution >= 4 is 5.91 Å². The van der Waals surface area contributed by atoms with Crippen molar-refractivity contribution < 1.29 is 14.3 Å². The van der Waals surface area contributed by atoms with E-state index in [-0.39, 0.29) is 17.2 Å². The normalized spacial score (nSPS) is 12.2. The molecule has 0 aliphatic heterocycles. The van der Waals surface area contributed by atoms with E-state index in [2.05, 4.69) is 19.2 Å². The number of unbranched alkanes of at least 4 members (excludes halogenated alkanes) is 1. The lowest BCUT2D eigenvalue weighted by molar-refractivity contribution is 0.0943. The SMILES string of the molecule is CCCCC(CC)CNC(=O)c1ccc(F)cc1O. The van der Waals surface area contributed by atoms with Crippen LogP contribution >= 0.6 is 0 Å². The smallest absolute Gasteiger partial charge is 0.255 e. The summed E-state index contributed by atoms with van der Waals surface area (Å²) in [5.41, 5.74) is 0.117. The van der Waals surface area contributed by atoms with E-state index in [1.807, 2.05) is 0 Å². The molecular weight excluding hydrogens is 245 g/mol. The third kappa shape index (κ3) is 4.89. The van der Waals surface area contributed by atoms with E-state index in [0.29, 0.717) is 12.5 Å². The van der Waals surface area contributed by atoms with E-state index in [1.54, 1.807) is 0 Å². The van der Waals surface area contributed by atoms with Crippen LogP contribution in [0.5, 0.6) is 5.75 Å². The maximum atomic E-state index is 12.8. The highest BCUT2D eigenvalue weighted by Crippen LogP contribution is 2.18. The largest absolute Gasteiger partial charge is 0.507 e. The van der Waals surface area contributed by atoms with E-state index < -0.39 is 5.82 Å². The van der Waals surface area contributed by atoms with Crippen LogP contribution in [-0.2, 0) is 0 Å². The lowest BCUT2D eigenvalue weighted by atomic mass is 9.99. The Bertz CT molecular complexity index is 421. The Labute approximate surface area is 113 Å². The molecule has 0 fully saturated rings. The van der Waals surface area contributed by atoms with Gasteiger partial charge in [-0.25, -0.2) is 4.39 Å². The van der Waals surface area contributed by atoms with Crippen molar-refractivity contribution in [2.24, 2.45) is 5.92 Å². The first-order chi connectivity index (χ1) is 9.08. The molecule has 0 bridgehead atoms. The summed E-state index contributed by atoms with van der Waals surface area (Å²) in [6.07, 6.45) is 4.39.